The Morgan fingerprint density at radius 2 is 1.93 bits per heavy atom. The van der Waals surface area contributed by atoms with Crippen molar-refractivity contribution in [1.29, 1.82) is 0 Å². The molecule has 27 heavy (non-hydrogen) atoms. The Morgan fingerprint density at radius 3 is 2.52 bits per heavy atom. The lowest BCUT2D eigenvalue weighted by Gasteiger charge is -2.32. The minimum absolute atomic E-state index is 0.105. The largest absolute Gasteiger partial charge is 0.354 e. The molecule has 2 atom stereocenters. The molecule has 2 aromatic heterocycles. The monoisotopic (exact) mass is 432 g/mol. The fraction of sp³-hybridized carbons (Fsp3) is 0.588. The van der Waals surface area contributed by atoms with Gasteiger partial charge in [0, 0.05) is 24.7 Å². The molecule has 0 bridgehead atoms. The highest BCUT2D eigenvalue weighted by molar-refractivity contribution is 7.91. The molecular formula is C17H25ClN4O3S2. The Bertz CT molecular complexity index is 968. The van der Waals surface area contributed by atoms with Crippen molar-refractivity contribution >= 4 is 43.8 Å². The summed E-state index contributed by atoms with van der Waals surface area (Å²) in [5, 5.41) is 4.95. The smallest absolute Gasteiger partial charge is 0.153 e. The van der Waals surface area contributed by atoms with Gasteiger partial charge in [-0.2, -0.15) is 5.10 Å². The number of pyridine rings is 1. The summed E-state index contributed by atoms with van der Waals surface area (Å²) in [7, 11) is -4.27. The number of halogens is 1. The Labute approximate surface area is 167 Å². The van der Waals surface area contributed by atoms with Gasteiger partial charge in [-0.3, -0.25) is 0 Å². The first-order valence-corrected chi connectivity index (χ1v) is 12.1. The van der Waals surface area contributed by atoms with Crippen LogP contribution in [-0.2, 0) is 20.8 Å². The lowest BCUT2D eigenvalue weighted by Crippen LogP contribution is -2.42. The Hall–Kier alpha value is -1.16. The quantitative estimate of drug-likeness (QED) is 0.801. The highest BCUT2D eigenvalue weighted by atomic mass is 35.5. The van der Waals surface area contributed by atoms with Crippen molar-refractivity contribution in [2.24, 2.45) is 0 Å². The molecule has 0 saturated carbocycles. The average molecular weight is 433 g/mol. The summed E-state index contributed by atoms with van der Waals surface area (Å²) < 4.78 is 40.7. The van der Waals surface area contributed by atoms with Gasteiger partial charge in [-0.05, 0) is 39.8 Å². The van der Waals surface area contributed by atoms with E-state index in [9.17, 15) is 12.6 Å². The van der Waals surface area contributed by atoms with Crippen LogP contribution in [-0.4, -0.2) is 51.6 Å². The third-order valence-electron chi connectivity index (χ3n) is 4.58. The number of hydrogen-bond acceptors (Lipinski definition) is 5. The second kappa shape index (κ2) is 7.35. The van der Waals surface area contributed by atoms with Crippen molar-refractivity contribution < 1.29 is 12.6 Å². The minimum Gasteiger partial charge on any atom is -0.354 e. The van der Waals surface area contributed by atoms with E-state index in [2.05, 4.69) is 9.82 Å². The van der Waals surface area contributed by atoms with Crippen LogP contribution in [0.15, 0.2) is 18.3 Å². The van der Waals surface area contributed by atoms with Gasteiger partial charge >= 0.3 is 0 Å². The third-order valence-corrected chi connectivity index (χ3v) is 8.17. The minimum atomic E-state index is -3.00. The molecule has 0 aliphatic carbocycles. The average Bonchev–Trinajstić information content (AvgIpc) is 3.04. The molecule has 0 unspecified atom stereocenters. The zero-order valence-electron chi connectivity index (χ0n) is 15.9. The molecular weight excluding hydrogens is 408 g/mol. The van der Waals surface area contributed by atoms with Crippen LogP contribution in [0.5, 0.6) is 0 Å². The SMILES string of the molecule is C[C@H](N[S@@](=O)C(C)(C)C)c1cc(Cl)c2ccnn2c1N1CCS(=O)(=O)CC1. The van der Waals surface area contributed by atoms with Crippen LogP contribution in [0.4, 0.5) is 5.82 Å². The predicted molar refractivity (Wildman–Crippen MR) is 111 cm³/mol. The van der Waals surface area contributed by atoms with Crippen molar-refractivity contribution in [2.45, 2.75) is 38.5 Å². The normalized spacial score (nSPS) is 20.0. The number of rotatable bonds is 4. The lowest BCUT2D eigenvalue weighted by molar-refractivity contribution is 0.584. The molecule has 7 nitrogen and oxygen atoms in total. The van der Waals surface area contributed by atoms with E-state index in [1.807, 2.05) is 44.7 Å². The zero-order chi connectivity index (χ0) is 20.0. The number of nitrogens with zero attached hydrogens (tertiary/aromatic N) is 3. The Morgan fingerprint density at radius 1 is 1.30 bits per heavy atom. The van der Waals surface area contributed by atoms with E-state index in [0.717, 1.165) is 16.9 Å². The van der Waals surface area contributed by atoms with E-state index in [4.69, 9.17) is 11.6 Å². The van der Waals surface area contributed by atoms with Crippen LogP contribution >= 0.6 is 11.6 Å². The second-order valence-corrected chi connectivity index (χ2v) is 12.5. The van der Waals surface area contributed by atoms with Gasteiger partial charge < -0.3 is 4.90 Å². The van der Waals surface area contributed by atoms with E-state index in [-0.39, 0.29) is 17.5 Å². The summed E-state index contributed by atoms with van der Waals surface area (Å²) in [6.07, 6.45) is 1.67. The fourth-order valence-electron chi connectivity index (χ4n) is 3.01. The summed E-state index contributed by atoms with van der Waals surface area (Å²) >= 11 is 6.45. The molecule has 0 radical (unpaired) electrons. The number of hydrogen-bond donors (Lipinski definition) is 1. The van der Waals surface area contributed by atoms with E-state index < -0.39 is 25.6 Å². The van der Waals surface area contributed by atoms with Gasteiger partial charge in [-0.1, -0.05) is 11.6 Å². The van der Waals surface area contributed by atoms with Crippen molar-refractivity contribution in [2.75, 3.05) is 29.5 Å². The summed E-state index contributed by atoms with van der Waals surface area (Å²) in [4.78, 5) is 2.02. The molecule has 0 amide bonds. The highest BCUT2D eigenvalue weighted by Gasteiger charge is 2.29. The van der Waals surface area contributed by atoms with Crippen molar-refractivity contribution in [3.05, 3.63) is 28.9 Å². The maximum absolute atomic E-state index is 12.6. The maximum Gasteiger partial charge on any atom is 0.153 e. The van der Waals surface area contributed by atoms with Gasteiger partial charge in [-0.25, -0.2) is 21.9 Å². The number of anilines is 1. The van der Waals surface area contributed by atoms with E-state index >= 15 is 0 Å². The molecule has 0 aromatic carbocycles. The van der Waals surface area contributed by atoms with Gasteiger partial charge in [-0.15, -0.1) is 0 Å². The van der Waals surface area contributed by atoms with Crippen molar-refractivity contribution in [3.63, 3.8) is 0 Å². The van der Waals surface area contributed by atoms with Gasteiger partial charge in [0.15, 0.2) is 9.84 Å². The number of nitrogens with one attached hydrogen (secondary N) is 1. The van der Waals surface area contributed by atoms with Crippen LogP contribution in [0.3, 0.4) is 0 Å². The first-order chi connectivity index (χ1) is 12.5. The van der Waals surface area contributed by atoms with Crippen molar-refractivity contribution in [1.82, 2.24) is 14.3 Å². The Balaban J connectivity index is 2.05. The van der Waals surface area contributed by atoms with Crippen LogP contribution in [0.25, 0.3) is 5.52 Å². The van der Waals surface area contributed by atoms with Gasteiger partial charge in [0.2, 0.25) is 0 Å². The molecule has 150 valence electrons. The molecule has 1 N–H and O–H groups in total. The number of aromatic nitrogens is 2. The highest BCUT2D eigenvalue weighted by Crippen LogP contribution is 2.33. The molecule has 10 heteroatoms. The summed E-state index contributed by atoms with van der Waals surface area (Å²) in [5.74, 6) is 1.00. The van der Waals surface area contributed by atoms with E-state index in [0.29, 0.717) is 18.1 Å². The van der Waals surface area contributed by atoms with E-state index in [1.54, 1.807) is 10.7 Å². The summed E-state index contributed by atoms with van der Waals surface area (Å²) in [6, 6.07) is 3.42. The van der Waals surface area contributed by atoms with Crippen LogP contribution in [0.2, 0.25) is 5.02 Å². The Kier molecular flexibility index (Phi) is 5.60. The van der Waals surface area contributed by atoms with Gasteiger partial charge in [0.05, 0.1) is 44.0 Å². The topological polar surface area (TPSA) is 83.8 Å². The molecule has 3 heterocycles. The first-order valence-electron chi connectivity index (χ1n) is 8.79. The lowest BCUT2D eigenvalue weighted by atomic mass is 10.1. The van der Waals surface area contributed by atoms with E-state index in [1.165, 1.54) is 0 Å². The molecule has 1 aliphatic heterocycles. The molecule has 3 rings (SSSR count). The number of fused-ring (bicyclic) bond motifs is 1. The zero-order valence-corrected chi connectivity index (χ0v) is 18.3. The molecule has 2 aromatic rings. The van der Waals surface area contributed by atoms with Crippen molar-refractivity contribution in [3.8, 4) is 0 Å². The van der Waals surface area contributed by atoms with Crippen LogP contribution in [0, 0.1) is 0 Å². The summed E-state index contributed by atoms with van der Waals surface area (Å²) in [5.41, 5.74) is 1.60. The second-order valence-electron chi connectivity index (χ2n) is 7.76. The molecule has 0 spiro atoms. The van der Waals surface area contributed by atoms with Crippen LogP contribution in [0.1, 0.15) is 39.3 Å². The van der Waals surface area contributed by atoms with Crippen LogP contribution < -0.4 is 9.62 Å². The number of sulfone groups is 1. The third kappa shape index (κ3) is 4.31. The van der Waals surface area contributed by atoms with Gasteiger partial charge in [0.25, 0.3) is 0 Å². The standard InChI is InChI=1S/C17H25ClN4O3S2/c1-12(20-26(23)17(2,3)4)13-11-14(18)15-5-6-19-22(15)16(13)21-7-9-27(24,25)10-8-21/h5-6,11-12,20H,7-10H2,1-4H3/t12-,26-/m0/s1. The summed E-state index contributed by atoms with van der Waals surface area (Å²) in [6.45, 7) is 8.42. The molecule has 1 saturated heterocycles. The predicted octanol–water partition coefficient (Wildman–Crippen LogP) is 2.34. The fourth-order valence-corrected chi connectivity index (χ4v) is 5.27. The molecule has 1 fully saturated rings. The first kappa shape index (κ1) is 20.6. The maximum atomic E-state index is 12.6. The van der Waals surface area contributed by atoms with Gasteiger partial charge in [0.1, 0.15) is 5.82 Å². The molecule has 1 aliphatic rings.